The van der Waals surface area contributed by atoms with Crippen molar-refractivity contribution in [3.05, 3.63) is 46.5 Å². The van der Waals surface area contributed by atoms with Crippen molar-refractivity contribution in [3.63, 3.8) is 0 Å². The van der Waals surface area contributed by atoms with Crippen LogP contribution in [0, 0.1) is 64.1 Å². The maximum Gasteiger partial charge on any atom is 0.309 e. The number of benzene rings is 1. The summed E-state index contributed by atoms with van der Waals surface area (Å²) in [5.74, 6) is -0.807. The SMILES string of the molecule is CC(C)C1=C2C3CCC4C(C)(CCC5C(C)C(OC(=O)C6CC(C(=O)O)C6C)CCC54C)C3CCC2(NC(=O)C(C)(C)NC(=O)c2ccc(CN3CCC(O)CC3)cc2)CC1=O. The van der Waals surface area contributed by atoms with Crippen LogP contribution in [-0.4, -0.2) is 81.0 Å². The number of likely N-dealkylation sites (tertiary alicyclic amines) is 1. The third-order valence-electron chi connectivity index (χ3n) is 18.3. The molecule has 0 aromatic heterocycles. The second kappa shape index (κ2) is 16.5. The van der Waals surface area contributed by atoms with Gasteiger partial charge in [-0.1, -0.05) is 53.7 Å². The van der Waals surface area contributed by atoms with Crippen LogP contribution in [0.25, 0.3) is 0 Å². The number of rotatable bonds is 10. The van der Waals surface area contributed by atoms with Crippen molar-refractivity contribution in [2.75, 3.05) is 13.1 Å². The summed E-state index contributed by atoms with van der Waals surface area (Å²) in [5.41, 5.74) is 1.78. The molecule has 1 aromatic carbocycles. The number of ketones is 1. The van der Waals surface area contributed by atoms with Crippen molar-refractivity contribution in [1.82, 2.24) is 15.5 Å². The van der Waals surface area contributed by atoms with E-state index in [-0.39, 0.29) is 82.6 Å². The number of nitrogens with one attached hydrogen (secondary N) is 2. The Morgan fingerprint density at radius 1 is 0.871 bits per heavy atom. The normalized spacial score (nSPS) is 38.5. The number of aliphatic carboxylic acids is 1. The third-order valence-corrected chi connectivity index (χ3v) is 18.3. The minimum absolute atomic E-state index is 0.0303. The lowest BCUT2D eigenvalue weighted by Gasteiger charge is -2.67. The van der Waals surface area contributed by atoms with Gasteiger partial charge in [-0.2, -0.15) is 0 Å². The molecule has 1 aromatic rings. The Hall–Kier alpha value is -3.57. The molecule has 12 unspecified atom stereocenters. The summed E-state index contributed by atoms with van der Waals surface area (Å²) in [7, 11) is 0. The van der Waals surface area contributed by atoms with Crippen LogP contribution >= 0.6 is 0 Å². The van der Waals surface area contributed by atoms with Crippen molar-refractivity contribution < 1.29 is 38.9 Å². The van der Waals surface area contributed by atoms with Crippen LogP contribution in [0.15, 0.2) is 35.4 Å². The Bertz CT molecular complexity index is 1980. The molecule has 7 aliphatic rings. The number of carbonyl (C=O) groups excluding carboxylic acids is 4. The molecule has 6 fully saturated rings. The molecule has 8 rings (SSSR count). The Labute approximate surface area is 368 Å². The van der Waals surface area contributed by atoms with E-state index < -0.39 is 23.0 Å². The molecule has 2 amide bonds. The van der Waals surface area contributed by atoms with Crippen LogP contribution in [0.4, 0.5) is 0 Å². The van der Waals surface area contributed by atoms with E-state index in [9.17, 15) is 34.2 Å². The summed E-state index contributed by atoms with van der Waals surface area (Å²) in [4.78, 5) is 69.4. The van der Waals surface area contributed by atoms with E-state index in [1.807, 2.05) is 31.2 Å². The summed E-state index contributed by atoms with van der Waals surface area (Å²) < 4.78 is 6.24. The van der Waals surface area contributed by atoms with Crippen molar-refractivity contribution in [3.8, 4) is 0 Å². The fourth-order valence-corrected chi connectivity index (χ4v) is 14.7. The molecule has 1 aliphatic heterocycles. The molecule has 11 heteroatoms. The number of Topliss-reactive ketones (excluding diaryl/α,β-unsaturated/α-hetero) is 1. The first-order valence-corrected chi connectivity index (χ1v) is 24.0. The van der Waals surface area contributed by atoms with Gasteiger partial charge in [0.2, 0.25) is 5.91 Å². The van der Waals surface area contributed by atoms with Gasteiger partial charge in [-0.3, -0.25) is 28.9 Å². The van der Waals surface area contributed by atoms with E-state index in [1.165, 1.54) is 0 Å². The number of aliphatic hydroxyl groups excluding tert-OH is 1. The summed E-state index contributed by atoms with van der Waals surface area (Å²) in [5, 5.41) is 25.8. The first-order valence-electron chi connectivity index (χ1n) is 24.0. The number of esters is 1. The number of nitrogens with zero attached hydrogens (tertiary/aromatic N) is 1. The van der Waals surface area contributed by atoms with Gasteiger partial charge >= 0.3 is 11.9 Å². The molecule has 0 spiro atoms. The van der Waals surface area contributed by atoms with Gasteiger partial charge in [0.15, 0.2) is 5.78 Å². The fraction of sp³-hybridized carbons (Fsp3) is 0.745. The molecule has 1 saturated heterocycles. The molecule has 12 atom stereocenters. The van der Waals surface area contributed by atoms with E-state index in [1.54, 1.807) is 13.8 Å². The van der Waals surface area contributed by atoms with E-state index in [2.05, 4.69) is 50.2 Å². The zero-order chi connectivity index (χ0) is 44.7. The topological polar surface area (TPSA) is 162 Å². The highest BCUT2D eigenvalue weighted by Gasteiger charge is 2.65. The van der Waals surface area contributed by atoms with Gasteiger partial charge in [-0.05, 0) is 166 Å². The third kappa shape index (κ3) is 7.66. The van der Waals surface area contributed by atoms with Crippen molar-refractivity contribution in [2.24, 2.45) is 64.1 Å². The van der Waals surface area contributed by atoms with E-state index in [0.717, 1.165) is 94.1 Å². The van der Waals surface area contributed by atoms with Crippen LogP contribution < -0.4 is 10.6 Å². The number of carboxylic acids is 1. The summed E-state index contributed by atoms with van der Waals surface area (Å²) in [6.45, 7) is 19.3. The number of hydrogen-bond donors (Lipinski definition) is 4. The number of fused-ring (bicyclic) bond motifs is 7. The standard InChI is InChI=1S/C51H73N3O8/c1-28(2)42-39(56)26-51(53-47(61)48(5,6)52-44(57)32-11-9-31(10-12-32)27-54-23-18-33(55)19-24-54)22-16-38-34(43(42)51)13-14-41-49(7)21-17-40(30(4)37(49)15-20-50(38,41)8)62-46(60)36-25-35(29(36)3)45(58)59/h9-12,28-30,33-38,40-41,55H,13-27H2,1-8H3,(H,52,57)(H,53,61)(H,58,59). The minimum atomic E-state index is -1.23. The number of piperidine rings is 1. The second-order valence-electron chi connectivity index (χ2n) is 22.5. The lowest BCUT2D eigenvalue weighted by molar-refractivity contribution is -0.196. The molecular weight excluding hydrogens is 783 g/mol. The van der Waals surface area contributed by atoms with Gasteiger partial charge in [-0.25, -0.2) is 0 Å². The highest BCUT2D eigenvalue weighted by Crippen LogP contribution is 2.70. The summed E-state index contributed by atoms with van der Waals surface area (Å²) in [6.07, 6.45) is 9.37. The second-order valence-corrected chi connectivity index (χ2v) is 22.5. The Morgan fingerprint density at radius 2 is 1.52 bits per heavy atom. The lowest BCUT2D eigenvalue weighted by atomic mass is 9.38. The zero-order valence-corrected chi connectivity index (χ0v) is 38.6. The quantitative estimate of drug-likeness (QED) is 0.175. The van der Waals surface area contributed by atoms with Crippen LogP contribution in [0.5, 0.6) is 0 Å². The summed E-state index contributed by atoms with van der Waals surface area (Å²) >= 11 is 0. The van der Waals surface area contributed by atoms with Gasteiger partial charge in [0.25, 0.3) is 5.91 Å². The van der Waals surface area contributed by atoms with Crippen LogP contribution in [0.2, 0.25) is 0 Å². The van der Waals surface area contributed by atoms with Gasteiger partial charge in [0.1, 0.15) is 11.6 Å². The van der Waals surface area contributed by atoms with E-state index in [4.69, 9.17) is 4.74 Å². The predicted molar refractivity (Wildman–Crippen MR) is 235 cm³/mol. The molecule has 6 aliphatic carbocycles. The minimum Gasteiger partial charge on any atom is -0.481 e. The molecule has 340 valence electrons. The number of carboxylic acid groups (broad SMARTS) is 1. The molecule has 0 radical (unpaired) electrons. The first-order chi connectivity index (χ1) is 29.2. The highest BCUT2D eigenvalue weighted by atomic mass is 16.5. The number of allylic oxidation sites excluding steroid dienone is 1. The molecule has 0 bridgehead atoms. The van der Waals surface area contributed by atoms with Crippen LogP contribution in [0.3, 0.4) is 0 Å². The van der Waals surface area contributed by atoms with Crippen molar-refractivity contribution in [2.45, 2.75) is 162 Å². The van der Waals surface area contributed by atoms with Crippen molar-refractivity contribution in [1.29, 1.82) is 0 Å². The van der Waals surface area contributed by atoms with E-state index >= 15 is 0 Å². The molecule has 5 saturated carbocycles. The van der Waals surface area contributed by atoms with Gasteiger partial charge in [-0.15, -0.1) is 0 Å². The van der Waals surface area contributed by atoms with Gasteiger partial charge in [0, 0.05) is 31.6 Å². The van der Waals surface area contributed by atoms with Crippen LogP contribution in [-0.2, 0) is 30.5 Å². The molecule has 4 N–H and O–H groups in total. The number of aliphatic hydroxyl groups is 1. The Morgan fingerprint density at radius 3 is 2.16 bits per heavy atom. The maximum atomic E-state index is 14.5. The number of amides is 2. The number of carbonyl (C=O) groups is 5. The largest absolute Gasteiger partial charge is 0.481 e. The molecular formula is C51H73N3O8. The van der Waals surface area contributed by atoms with Crippen LogP contribution in [0.1, 0.15) is 148 Å². The number of hydrogen-bond acceptors (Lipinski definition) is 8. The molecule has 11 nitrogen and oxygen atoms in total. The first kappa shape index (κ1) is 45.0. The summed E-state index contributed by atoms with van der Waals surface area (Å²) in [6, 6.07) is 7.54. The predicted octanol–water partition coefficient (Wildman–Crippen LogP) is 7.49. The fourth-order valence-electron chi connectivity index (χ4n) is 14.7. The molecule has 62 heavy (non-hydrogen) atoms. The Kier molecular flexibility index (Phi) is 11.9. The Balaban J connectivity index is 0.953. The van der Waals surface area contributed by atoms with Gasteiger partial charge in [0.05, 0.1) is 23.5 Å². The van der Waals surface area contributed by atoms with Crippen molar-refractivity contribution >= 4 is 29.5 Å². The average molecular weight is 856 g/mol. The zero-order valence-electron chi connectivity index (χ0n) is 38.6. The monoisotopic (exact) mass is 856 g/mol. The molecule has 1 heterocycles. The highest BCUT2D eigenvalue weighted by molar-refractivity contribution is 6.03. The van der Waals surface area contributed by atoms with E-state index in [0.29, 0.717) is 36.2 Å². The average Bonchev–Trinajstić information content (AvgIpc) is 3.51. The van der Waals surface area contributed by atoms with Gasteiger partial charge < -0.3 is 25.6 Å². The number of ether oxygens (including phenoxy) is 1. The lowest BCUT2D eigenvalue weighted by Crippen LogP contribution is -2.65. The maximum absolute atomic E-state index is 14.5. The smallest absolute Gasteiger partial charge is 0.309 e.